The van der Waals surface area contributed by atoms with Crippen LogP contribution in [0.2, 0.25) is 0 Å². The number of H-pyrrole nitrogens is 1. The van der Waals surface area contributed by atoms with Gasteiger partial charge in [-0.3, -0.25) is 14.3 Å². The molecule has 0 saturated carbocycles. The summed E-state index contributed by atoms with van der Waals surface area (Å²) in [6.45, 7) is 0.543. The molecule has 0 amide bonds. The van der Waals surface area contributed by atoms with Crippen molar-refractivity contribution in [1.82, 2.24) is 9.55 Å². The number of nitrogens with zero attached hydrogens (tertiary/aromatic N) is 4. The predicted octanol–water partition coefficient (Wildman–Crippen LogP) is 2.97. The van der Waals surface area contributed by atoms with E-state index in [2.05, 4.69) is 15.0 Å². The summed E-state index contributed by atoms with van der Waals surface area (Å²) in [5.74, 6) is 0. The Kier molecular flexibility index (Phi) is 8.32. The lowest BCUT2D eigenvalue weighted by atomic mass is 9.92. The smallest absolute Gasteiger partial charge is 0.330 e. The van der Waals surface area contributed by atoms with E-state index in [9.17, 15) is 9.59 Å². The molecule has 2 aliphatic heterocycles. The Labute approximate surface area is 200 Å². The van der Waals surface area contributed by atoms with Gasteiger partial charge in [-0.1, -0.05) is 35.4 Å². The number of rotatable bonds is 10. The van der Waals surface area contributed by atoms with Gasteiger partial charge in [0.05, 0.1) is 13.2 Å². The fourth-order valence-electron chi connectivity index (χ4n) is 4.40. The van der Waals surface area contributed by atoms with Crippen molar-refractivity contribution < 1.29 is 23.3 Å². The van der Waals surface area contributed by atoms with Crippen molar-refractivity contribution in [3.63, 3.8) is 0 Å². The molecule has 2 fully saturated rings. The number of aromatic nitrogens is 2. The van der Waals surface area contributed by atoms with Crippen LogP contribution in [0.5, 0.6) is 0 Å². The number of azide groups is 1. The minimum Gasteiger partial charge on any atom is -0.367 e. The number of benzene rings is 1. The van der Waals surface area contributed by atoms with Gasteiger partial charge in [-0.25, -0.2) is 9.18 Å². The summed E-state index contributed by atoms with van der Waals surface area (Å²) < 4.78 is 40.9. The van der Waals surface area contributed by atoms with Crippen LogP contribution in [0.1, 0.15) is 37.5 Å². The highest BCUT2D eigenvalue weighted by molar-refractivity contribution is 5.14. The Morgan fingerprint density at radius 3 is 2.77 bits per heavy atom. The number of ether oxygens (including phenoxy) is 4. The van der Waals surface area contributed by atoms with Gasteiger partial charge in [0, 0.05) is 30.3 Å². The van der Waals surface area contributed by atoms with Gasteiger partial charge in [0.15, 0.2) is 18.7 Å². The van der Waals surface area contributed by atoms with Crippen LogP contribution in [0.3, 0.4) is 0 Å². The maximum Gasteiger partial charge on any atom is 0.330 e. The van der Waals surface area contributed by atoms with Gasteiger partial charge in [-0.15, -0.1) is 0 Å². The molecule has 12 heteroatoms. The van der Waals surface area contributed by atoms with E-state index < -0.39 is 41.6 Å². The molecule has 0 aliphatic carbocycles. The second-order valence-electron chi connectivity index (χ2n) is 8.56. The number of halogens is 1. The van der Waals surface area contributed by atoms with Crippen LogP contribution in [0.4, 0.5) is 4.39 Å². The van der Waals surface area contributed by atoms with Crippen molar-refractivity contribution in [3.05, 3.63) is 79.4 Å². The van der Waals surface area contributed by atoms with Crippen LogP contribution in [0, 0.1) is 0 Å². The zero-order chi connectivity index (χ0) is 24.7. The maximum absolute atomic E-state index is 16.0. The standard InChI is InChI=1S/C23H28FN5O6/c24-19-20(33-14-16-6-2-1-3-7-16)23(10-11-26-28-25,15-34-18-8-4-5-13-32-18)35-21(19)29-12-9-17(30)27-22(29)31/h1-3,6-7,9,12,18-21H,4-5,8,10-11,13-15H2,(H,27,30,31)/t18?,19?,20?,21-,23-/m1/s1. The van der Waals surface area contributed by atoms with Gasteiger partial charge in [0.2, 0.25) is 0 Å². The normalized spacial score (nSPS) is 28.5. The summed E-state index contributed by atoms with van der Waals surface area (Å²) in [6, 6.07) is 10.4. The molecule has 2 aromatic rings. The Morgan fingerprint density at radius 2 is 2.06 bits per heavy atom. The van der Waals surface area contributed by atoms with Crippen molar-refractivity contribution >= 4 is 0 Å². The van der Waals surface area contributed by atoms with E-state index in [4.69, 9.17) is 24.5 Å². The first-order valence-electron chi connectivity index (χ1n) is 11.6. The van der Waals surface area contributed by atoms with Crippen molar-refractivity contribution in [2.24, 2.45) is 5.11 Å². The second-order valence-corrected chi connectivity index (χ2v) is 8.56. The highest BCUT2D eigenvalue weighted by atomic mass is 19.1. The van der Waals surface area contributed by atoms with Crippen molar-refractivity contribution in [2.45, 2.75) is 62.7 Å². The highest BCUT2D eigenvalue weighted by Gasteiger charge is 2.57. The van der Waals surface area contributed by atoms with E-state index in [0.717, 1.165) is 29.0 Å². The molecule has 4 rings (SSSR count). The quantitative estimate of drug-likeness (QED) is 0.309. The van der Waals surface area contributed by atoms with Crippen LogP contribution >= 0.6 is 0 Å². The Morgan fingerprint density at radius 1 is 1.23 bits per heavy atom. The monoisotopic (exact) mass is 489 g/mol. The third kappa shape index (κ3) is 5.98. The van der Waals surface area contributed by atoms with E-state index in [1.807, 2.05) is 30.3 Å². The Hall–Kier alpha value is -3.02. The lowest BCUT2D eigenvalue weighted by molar-refractivity contribution is -0.219. The summed E-state index contributed by atoms with van der Waals surface area (Å²) in [7, 11) is 0. The Balaban J connectivity index is 1.65. The molecule has 2 aliphatic rings. The van der Waals surface area contributed by atoms with Crippen molar-refractivity contribution in [1.29, 1.82) is 0 Å². The molecular weight excluding hydrogens is 461 g/mol. The van der Waals surface area contributed by atoms with E-state index in [1.165, 1.54) is 6.20 Å². The topological polar surface area (TPSA) is 141 Å². The number of hydrogen-bond acceptors (Lipinski definition) is 7. The van der Waals surface area contributed by atoms with Gasteiger partial charge in [0.1, 0.15) is 11.7 Å². The third-order valence-electron chi connectivity index (χ3n) is 6.18. The van der Waals surface area contributed by atoms with E-state index >= 15 is 4.39 Å². The lowest BCUT2D eigenvalue weighted by Crippen LogP contribution is -2.49. The highest BCUT2D eigenvalue weighted by Crippen LogP contribution is 2.43. The largest absolute Gasteiger partial charge is 0.367 e. The first-order chi connectivity index (χ1) is 17.0. The first-order valence-corrected chi connectivity index (χ1v) is 11.6. The molecule has 3 unspecified atom stereocenters. The number of alkyl halides is 1. The number of aromatic amines is 1. The number of nitrogens with one attached hydrogen (secondary N) is 1. The molecule has 188 valence electrons. The first kappa shape index (κ1) is 25.1. The fraction of sp³-hybridized carbons (Fsp3) is 0.565. The van der Waals surface area contributed by atoms with E-state index in [1.54, 1.807) is 0 Å². The summed E-state index contributed by atoms with van der Waals surface area (Å²) in [6.07, 6.45) is -0.998. The average molecular weight is 490 g/mol. The molecule has 2 saturated heterocycles. The molecular formula is C23H28FN5O6. The van der Waals surface area contributed by atoms with Gasteiger partial charge >= 0.3 is 5.69 Å². The van der Waals surface area contributed by atoms with Crippen LogP contribution in [-0.4, -0.2) is 53.5 Å². The Bertz CT molecular complexity index is 1130. The van der Waals surface area contributed by atoms with E-state index in [-0.39, 0.29) is 26.2 Å². The molecule has 35 heavy (non-hydrogen) atoms. The van der Waals surface area contributed by atoms with Crippen LogP contribution in [0.25, 0.3) is 10.4 Å². The molecule has 0 radical (unpaired) electrons. The van der Waals surface area contributed by atoms with Crippen LogP contribution in [0.15, 0.2) is 57.3 Å². The minimum atomic E-state index is -1.79. The maximum atomic E-state index is 16.0. The summed E-state index contributed by atoms with van der Waals surface area (Å²) in [4.78, 5) is 28.9. The van der Waals surface area contributed by atoms with Crippen molar-refractivity contribution in [2.75, 3.05) is 19.8 Å². The molecule has 1 N–H and O–H groups in total. The zero-order valence-corrected chi connectivity index (χ0v) is 19.1. The molecule has 0 spiro atoms. The summed E-state index contributed by atoms with van der Waals surface area (Å²) in [5.41, 5.74) is 6.82. The summed E-state index contributed by atoms with van der Waals surface area (Å²) >= 11 is 0. The molecule has 1 aromatic heterocycles. The molecule has 11 nitrogen and oxygen atoms in total. The molecule has 1 aromatic carbocycles. The van der Waals surface area contributed by atoms with E-state index in [0.29, 0.717) is 13.0 Å². The molecule has 3 heterocycles. The number of hydrogen-bond donors (Lipinski definition) is 1. The molecule has 0 bridgehead atoms. The minimum absolute atomic E-state index is 0.00343. The second kappa shape index (κ2) is 11.6. The van der Waals surface area contributed by atoms with Crippen LogP contribution in [-0.2, 0) is 25.6 Å². The zero-order valence-electron chi connectivity index (χ0n) is 19.1. The predicted molar refractivity (Wildman–Crippen MR) is 122 cm³/mol. The lowest BCUT2D eigenvalue weighted by Gasteiger charge is -2.35. The summed E-state index contributed by atoms with van der Waals surface area (Å²) in [5, 5.41) is 3.60. The van der Waals surface area contributed by atoms with Gasteiger partial charge < -0.3 is 18.9 Å². The average Bonchev–Trinajstić information content (AvgIpc) is 3.14. The van der Waals surface area contributed by atoms with Gasteiger partial charge in [0.25, 0.3) is 5.56 Å². The SMILES string of the molecule is [N-]=[N+]=NCC[C@]1(COC2CCCCO2)O[C@@H](n2ccc(=O)[nH]c2=O)C(F)C1OCc1ccccc1. The van der Waals surface area contributed by atoms with Gasteiger partial charge in [-0.05, 0) is 36.8 Å². The fourth-order valence-corrected chi connectivity index (χ4v) is 4.40. The van der Waals surface area contributed by atoms with Crippen LogP contribution < -0.4 is 11.2 Å². The molecule has 5 atom stereocenters. The third-order valence-corrected chi connectivity index (χ3v) is 6.18. The van der Waals surface area contributed by atoms with Crippen molar-refractivity contribution in [3.8, 4) is 0 Å². The van der Waals surface area contributed by atoms with Gasteiger partial charge in [-0.2, -0.15) is 0 Å².